The number of furan rings is 1. The molecule has 0 N–H and O–H groups in total. The zero-order chi connectivity index (χ0) is 42.8. The van der Waals surface area contributed by atoms with Crippen molar-refractivity contribution < 1.29 is 4.42 Å². The fraction of sp³-hybridized carbons (Fsp3) is 0. The Morgan fingerprint density at radius 3 is 1.74 bits per heavy atom. The van der Waals surface area contributed by atoms with E-state index in [2.05, 4.69) is 252 Å². The normalized spacial score (nSPS) is 11.7. The van der Waals surface area contributed by atoms with Crippen LogP contribution in [0.3, 0.4) is 0 Å². The summed E-state index contributed by atoms with van der Waals surface area (Å²) in [7, 11) is 0. The summed E-state index contributed by atoms with van der Waals surface area (Å²) in [6, 6.07) is 87.8. The van der Waals surface area contributed by atoms with Crippen molar-refractivity contribution in [2.45, 2.75) is 0 Å². The number of hydrogen-bond donors (Lipinski definition) is 0. The highest BCUT2D eigenvalue weighted by atomic mass is 16.3. The van der Waals surface area contributed by atoms with Crippen LogP contribution in [0.25, 0.3) is 104 Å². The third-order valence-corrected chi connectivity index (χ3v) is 13.1. The van der Waals surface area contributed by atoms with Crippen molar-refractivity contribution >= 4 is 82.4 Å². The zero-order valence-electron chi connectivity index (χ0n) is 35.4. The molecule has 0 saturated heterocycles. The van der Waals surface area contributed by atoms with Crippen molar-refractivity contribution in [1.29, 1.82) is 0 Å². The predicted octanol–water partition coefficient (Wildman–Crippen LogP) is 17.5. The van der Waals surface area contributed by atoms with E-state index >= 15 is 0 Å². The minimum absolute atomic E-state index is 0.876. The summed E-state index contributed by atoms with van der Waals surface area (Å²) < 4.78 is 9.09. The molecule has 13 aromatic rings. The van der Waals surface area contributed by atoms with Crippen LogP contribution >= 0.6 is 0 Å². The van der Waals surface area contributed by atoms with E-state index in [1.165, 1.54) is 43.5 Å². The third kappa shape index (κ3) is 6.20. The summed E-state index contributed by atoms with van der Waals surface area (Å²) in [4.78, 5) is 2.40. The van der Waals surface area contributed by atoms with Gasteiger partial charge in [-0.25, -0.2) is 0 Å². The maximum absolute atomic E-state index is 6.71. The van der Waals surface area contributed by atoms with Crippen LogP contribution in [0.1, 0.15) is 0 Å². The summed E-state index contributed by atoms with van der Waals surface area (Å²) in [5, 5.41) is 9.53. The Balaban J connectivity index is 0.941. The van der Waals surface area contributed by atoms with Crippen molar-refractivity contribution in [3.63, 3.8) is 0 Å². The minimum atomic E-state index is 0.876. The van der Waals surface area contributed by atoms with Crippen molar-refractivity contribution in [2.75, 3.05) is 4.90 Å². The van der Waals surface area contributed by atoms with Crippen LogP contribution in [0.15, 0.2) is 247 Å². The number of nitrogens with zero attached hydrogens (tertiary/aromatic N) is 2. The third-order valence-electron chi connectivity index (χ3n) is 13.1. The van der Waals surface area contributed by atoms with Crippen LogP contribution in [0.5, 0.6) is 0 Å². The van der Waals surface area contributed by atoms with Gasteiger partial charge in [0, 0.05) is 49.6 Å². The fourth-order valence-corrected chi connectivity index (χ4v) is 10.0. The summed E-state index contributed by atoms with van der Waals surface area (Å²) in [5.41, 5.74) is 15.4. The molecule has 0 bridgehead atoms. The van der Waals surface area contributed by atoms with Crippen LogP contribution in [0.4, 0.5) is 17.1 Å². The molecule has 0 fully saturated rings. The quantitative estimate of drug-likeness (QED) is 0.160. The second kappa shape index (κ2) is 15.0. The van der Waals surface area contributed by atoms with E-state index < -0.39 is 0 Å². The van der Waals surface area contributed by atoms with Gasteiger partial charge in [-0.05, 0) is 123 Å². The molecule has 3 nitrogen and oxygen atoms in total. The number of hydrogen-bond acceptors (Lipinski definition) is 2. The molecule has 0 spiro atoms. The Bertz CT molecular complexity index is 3910. The van der Waals surface area contributed by atoms with Gasteiger partial charge in [0.15, 0.2) is 0 Å². The Hall–Kier alpha value is -8.66. The molecule has 0 atom stereocenters. The van der Waals surface area contributed by atoms with E-state index in [0.29, 0.717) is 0 Å². The molecular formula is C62H40N2O. The average Bonchev–Trinajstić information content (AvgIpc) is 3.93. The fourth-order valence-electron chi connectivity index (χ4n) is 10.0. The zero-order valence-corrected chi connectivity index (χ0v) is 35.4. The summed E-state index contributed by atoms with van der Waals surface area (Å²) >= 11 is 0. The van der Waals surface area contributed by atoms with Gasteiger partial charge in [-0.3, -0.25) is 0 Å². The molecular weight excluding hydrogens is 789 g/mol. The van der Waals surface area contributed by atoms with Crippen molar-refractivity contribution in [1.82, 2.24) is 4.57 Å². The molecule has 2 heterocycles. The van der Waals surface area contributed by atoms with Gasteiger partial charge in [0.05, 0.1) is 16.7 Å². The molecule has 0 radical (unpaired) electrons. The van der Waals surface area contributed by atoms with Gasteiger partial charge >= 0.3 is 0 Å². The highest BCUT2D eigenvalue weighted by molar-refractivity contribution is 6.15. The first-order valence-corrected chi connectivity index (χ1v) is 22.2. The number of rotatable bonds is 7. The molecule has 2 aromatic heterocycles. The molecule has 0 aliphatic rings. The summed E-state index contributed by atoms with van der Waals surface area (Å²) in [6.07, 6.45) is 0. The Kier molecular flexibility index (Phi) is 8.53. The Labute approximate surface area is 376 Å². The second-order valence-electron chi connectivity index (χ2n) is 16.9. The first-order valence-electron chi connectivity index (χ1n) is 22.2. The molecule has 11 aromatic carbocycles. The smallest absolute Gasteiger partial charge is 0.143 e. The lowest BCUT2D eigenvalue weighted by Gasteiger charge is -2.28. The lowest BCUT2D eigenvalue weighted by atomic mass is 9.98. The Morgan fingerprint density at radius 1 is 0.323 bits per heavy atom. The standard InChI is InChI=1S/C62H40N2O/c1-2-15-44-37-47(28-27-41(44)13-1)46-17-12-18-50(39-46)63(58-24-8-5-20-52(58)48-32-35-56-57-36-31-43-14-3-4-21-53(43)62(57)65-61(56)40-48)49-33-29-42(30-34-49)45-16-11-19-51(38-45)64-59-25-9-6-22-54(59)55-23-7-10-26-60(55)64/h1-40H. The van der Waals surface area contributed by atoms with E-state index in [9.17, 15) is 0 Å². The summed E-state index contributed by atoms with van der Waals surface area (Å²) in [5.74, 6) is 0. The minimum Gasteiger partial charge on any atom is -0.455 e. The van der Waals surface area contributed by atoms with E-state index in [0.717, 1.165) is 77.9 Å². The van der Waals surface area contributed by atoms with Gasteiger partial charge in [-0.2, -0.15) is 0 Å². The van der Waals surface area contributed by atoms with Crippen LogP contribution in [-0.4, -0.2) is 4.57 Å². The maximum atomic E-state index is 6.71. The maximum Gasteiger partial charge on any atom is 0.143 e. The van der Waals surface area contributed by atoms with Crippen LogP contribution in [-0.2, 0) is 0 Å². The van der Waals surface area contributed by atoms with Crippen LogP contribution < -0.4 is 4.90 Å². The average molecular weight is 829 g/mol. The topological polar surface area (TPSA) is 21.3 Å². The van der Waals surface area contributed by atoms with E-state index in [1.54, 1.807) is 0 Å². The molecule has 0 saturated carbocycles. The SMILES string of the molecule is c1cc(-c2ccc3ccccc3c2)cc(N(c2ccc(-c3cccc(-n4c5ccccc5c5ccccc54)c3)cc2)c2ccccc2-c2ccc3c(c2)oc2c4ccccc4ccc32)c1. The Morgan fingerprint density at radius 2 is 0.923 bits per heavy atom. The van der Waals surface area contributed by atoms with E-state index in [4.69, 9.17) is 4.42 Å². The second-order valence-corrected chi connectivity index (χ2v) is 16.9. The lowest BCUT2D eigenvalue weighted by Crippen LogP contribution is -2.11. The van der Waals surface area contributed by atoms with Gasteiger partial charge < -0.3 is 13.9 Å². The van der Waals surface area contributed by atoms with Crippen LogP contribution in [0, 0.1) is 0 Å². The molecule has 304 valence electrons. The van der Waals surface area contributed by atoms with Gasteiger partial charge in [0.2, 0.25) is 0 Å². The highest BCUT2D eigenvalue weighted by Crippen LogP contribution is 2.44. The molecule has 0 aliphatic carbocycles. The number of para-hydroxylation sites is 3. The van der Waals surface area contributed by atoms with Gasteiger partial charge in [0.1, 0.15) is 11.2 Å². The van der Waals surface area contributed by atoms with Gasteiger partial charge in [-0.1, -0.05) is 164 Å². The number of fused-ring (bicyclic) bond motifs is 9. The number of anilines is 3. The molecule has 0 aliphatic heterocycles. The monoisotopic (exact) mass is 828 g/mol. The van der Waals surface area contributed by atoms with E-state index in [-0.39, 0.29) is 0 Å². The van der Waals surface area contributed by atoms with Crippen molar-refractivity contribution in [2.24, 2.45) is 0 Å². The first kappa shape index (κ1) is 36.9. The van der Waals surface area contributed by atoms with Crippen molar-refractivity contribution in [3.8, 4) is 39.1 Å². The highest BCUT2D eigenvalue weighted by Gasteiger charge is 2.20. The molecule has 13 rings (SSSR count). The molecule has 65 heavy (non-hydrogen) atoms. The number of aromatic nitrogens is 1. The molecule has 0 amide bonds. The number of benzene rings is 11. The van der Waals surface area contributed by atoms with Gasteiger partial charge in [0.25, 0.3) is 0 Å². The van der Waals surface area contributed by atoms with Crippen LogP contribution in [0.2, 0.25) is 0 Å². The molecule has 0 unspecified atom stereocenters. The predicted molar refractivity (Wildman–Crippen MR) is 274 cm³/mol. The largest absolute Gasteiger partial charge is 0.455 e. The first-order chi connectivity index (χ1) is 32.2. The van der Waals surface area contributed by atoms with Crippen molar-refractivity contribution in [3.05, 3.63) is 243 Å². The molecule has 3 heteroatoms. The van der Waals surface area contributed by atoms with Gasteiger partial charge in [-0.15, -0.1) is 0 Å². The van der Waals surface area contributed by atoms with E-state index in [1.807, 2.05) is 0 Å². The lowest BCUT2D eigenvalue weighted by molar-refractivity contribution is 0.673. The summed E-state index contributed by atoms with van der Waals surface area (Å²) in [6.45, 7) is 0.